The van der Waals surface area contributed by atoms with Gasteiger partial charge >= 0.3 is 0 Å². The zero-order valence-electron chi connectivity index (χ0n) is 9.77. The molecule has 0 unspecified atom stereocenters. The average molecular weight is 192 g/mol. The SMILES string of the molecule is CC(C)CO.CCCCCCC.O. The summed E-state index contributed by atoms with van der Waals surface area (Å²) in [5.41, 5.74) is 0. The molecule has 0 saturated carbocycles. The Morgan fingerprint density at radius 3 is 1.38 bits per heavy atom. The highest BCUT2D eigenvalue weighted by atomic mass is 16.3. The second-order valence-corrected chi connectivity index (χ2v) is 3.64. The summed E-state index contributed by atoms with van der Waals surface area (Å²) in [6, 6.07) is 0. The van der Waals surface area contributed by atoms with Crippen molar-refractivity contribution in [3.8, 4) is 0 Å². The molecule has 0 saturated heterocycles. The highest BCUT2D eigenvalue weighted by Crippen LogP contribution is 2.00. The van der Waals surface area contributed by atoms with Crippen LogP contribution in [0.2, 0.25) is 0 Å². The largest absolute Gasteiger partial charge is 0.412 e. The van der Waals surface area contributed by atoms with Crippen LogP contribution in [0.5, 0.6) is 0 Å². The van der Waals surface area contributed by atoms with Gasteiger partial charge in [0.2, 0.25) is 0 Å². The first kappa shape index (κ1) is 18.7. The molecular weight excluding hydrogens is 164 g/mol. The third kappa shape index (κ3) is 33.5. The molecule has 0 bridgehead atoms. The van der Waals surface area contributed by atoms with Gasteiger partial charge in [0.15, 0.2) is 0 Å². The van der Waals surface area contributed by atoms with Crippen molar-refractivity contribution in [2.24, 2.45) is 5.92 Å². The van der Waals surface area contributed by atoms with E-state index in [0.29, 0.717) is 12.5 Å². The fraction of sp³-hybridized carbons (Fsp3) is 1.00. The number of rotatable bonds is 5. The standard InChI is InChI=1S/C7H16.C4H10O.H2O/c1-3-5-7-6-4-2;1-4(2)3-5;/h3-7H2,1-2H3;4-5H,3H2,1-2H3;1H2. The van der Waals surface area contributed by atoms with Crippen molar-refractivity contribution in [2.45, 2.75) is 59.8 Å². The normalized spacial score (nSPS) is 8.77. The Morgan fingerprint density at radius 1 is 0.923 bits per heavy atom. The smallest absolute Gasteiger partial charge is 0.0453 e. The second-order valence-electron chi connectivity index (χ2n) is 3.64. The third-order valence-electron chi connectivity index (χ3n) is 1.57. The number of aliphatic hydroxyl groups is 1. The zero-order chi connectivity index (χ0) is 9.82. The monoisotopic (exact) mass is 192 g/mol. The Hall–Kier alpha value is -0.0800. The lowest BCUT2D eigenvalue weighted by Gasteiger charge is -1.90. The van der Waals surface area contributed by atoms with Crippen molar-refractivity contribution in [1.29, 1.82) is 0 Å². The molecule has 0 spiro atoms. The van der Waals surface area contributed by atoms with Crippen LogP contribution in [0, 0.1) is 5.92 Å². The van der Waals surface area contributed by atoms with Gasteiger partial charge in [0, 0.05) is 6.61 Å². The predicted octanol–water partition coefficient (Wildman–Crippen LogP) is 2.79. The van der Waals surface area contributed by atoms with Gasteiger partial charge in [-0.05, 0) is 5.92 Å². The Bertz CT molecular complexity index is 59.1. The fourth-order valence-electron chi connectivity index (χ4n) is 0.677. The zero-order valence-corrected chi connectivity index (χ0v) is 9.77. The summed E-state index contributed by atoms with van der Waals surface area (Å²) in [5, 5.41) is 8.14. The Balaban J connectivity index is -0.000000150. The van der Waals surface area contributed by atoms with E-state index in [2.05, 4.69) is 13.8 Å². The van der Waals surface area contributed by atoms with Gasteiger partial charge in [0.1, 0.15) is 0 Å². The van der Waals surface area contributed by atoms with Crippen LogP contribution in [-0.2, 0) is 0 Å². The molecule has 0 heterocycles. The number of aliphatic hydroxyl groups excluding tert-OH is 1. The number of hydrogen-bond donors (Lipinski definition) is 1. The topological polar surface area (TPSA) is 51.7 Å². The van der Waals surface area contributed by atoms with Crippen LogP contribution in [0.3, 0.4) is 0 Å². The van der Waals surface area contributed by atoms with E-state index < -0.39 is 0 Å². The van der Waals surface area contributed by atoms with E-state index >= 15 is 0 Å². The maximum Gasteiger partial charge on any atom is 0.0453 e. The van der Waals surface area contributed by atoms with Gasteiger partial charge in [-0.25, -0.2) is 0 Å². The summed E-state index contributed by atoms with van der Waals surface area (Å²) in [6.45, 7) is 8.74. The van der Waals surface area contributed by atoms with Crippen LogP contribution >= 0.6 is 0 Å². The van der Waals surface area contributed by atoms with Crippen LogP contribution in [0.25, 0.3) is 0 Å². The van der Waals surface area contributed by atoms with E-state index in [-0.39, 0.29) is 5.48 Å². The molecule has 3 N–H and O–H groups in total. The van der Waals surface area contributed by atoms with Crippen molar-refractivity contribution < 1.29 is 10.6 Å². The summed E-state index contributed by atoms with van der Waals surface area (Å²) in [6.07, 6.45) is 7.01. The molecule has 0 aliphatic heterocycles. The van der Waals surface area contributed by atoms with Gasteiger partial charge in [0.25, 0.3) is 0 Å². The maximum absolute atomic E-state index is 8.14. The first-order chi connectivity index (χ1) is 5.68. The highest BCUT2D eigenvalue weighted by molar-refractivity contribution is 4.35. The van der Waals surface area contributed by atoms with Crippen molar-refractivity contribution in [2.75, 3.05) is 6.61 Å². The molecule has 2 heteroatoms. The second kappa shape index (κ2) is 17.9. The van der Waals surface area contributed by atoms with Gasteiger partial charge in [-0.2, -0.15) is 0 Å². The summed E-state index contributed by atoms with van der Waals surface area (Å²) in [7, 11) is 0. The molecule has 0 amide bonds. The quantitative estimate of drug-likeness (QED) is 0.669. The molecule has 0 atom stereocenters. The molecule has 0 aliphatic rings. The van der Waals surface area contributed by atoms with Crippen molar-refractivity contribution in [3.63, 3.8) is 0 Å². The highest BCUT2D eigenvalue weighted by Gasteiger charge is 1.81. The fourth-order valence-corrected chi connectivity index (χ4v) is 0.677. The first-order valence-corrected chi connectivity index (χ1v) is 5.29. The lowest BCUT2D eigenvalue weighted by Crippen LogP contribution is -1.90. The lowest BCUT2D eigenvalue weighted by atomic mass is 10.2. The molecule has 0 rings (SSSR count). The Kier molecular flexibility index (Phi) is 25.6. The molecule has 2 nitrogen and oxygen atoms in total. The van der Waals surface area contributed by atoms with Gasteiger partial charge < -0.3 is 10.6 Å². The van der Waals surface area contributed by atoms with Crippen LogP contribution in [0.15, 0.2) is 0 Å². The maximum atomic E-state index is 8.14. The van der Waals surface area contributed by atoms with Crippen molar-refractivity contribution in [3.05, 3.63) is 0 Å². The molecular formula is C11H28O2. The van der Waals surface area contributed by atoms with Crippen molar-refractivity contribution in [1.82, 2.24) is 0 Å². The number of hydrogen-bond acceptors (Lipinski definition) is 1. The minimum absolute atomic E-state index is 0. The molecule has 84 valence electrons. The van der Waals surface area contributed by atoms with E-state index in [1.807, 2.05) is 13.8 Å². The minimum atomic E-state index is 0. The molecule has 0 aromatic heterocycles. The van der Waals surface area contributed by atoms with E-state index in [1.54, 1.807) is 0 Å². The predicted molar refractivity (Wildman–Crippen MR) is 60.0 cm³/mol. The molecule has 0 aromatic carbocycles. The summed E-state index contributed by atoms with van der Waals surface area (Å²) < 4.78 is 0. The summed E-state index contributed by atoms with van der Waals surface area (Å²) in [4.78, 5) is 0. The third-order valence-corrected chi connectivity index (χ3v) is 1.57. The van der Waals surface area contributed by atoms with Crippen LogP contribution in [-0.4, -0.2) is 17.2 Å². The van der Waals surface area contributed by atoms with Crippen LogP contribution < -0.4 is 0 Å². The molecule has 0 aliphatic carbocycles. The average Bonchev–Trinajstić information content (AvgIpc) is 2.07. The molecule has 0 radical (unpaired) electrons. The number of unbranched alkanes of at least 4 members (excludes halogenated alkanes) is 4. The van der Waals surface area contributed by atoms with Gasteiger partial charge in [0.05, 0.1) is 0 Å². The molecule has 0 fully saturated rings. The van der Waals surface area contributed by atoms with Crippen LogP contribution in [0.4, 0.5) is 0 Å². The van der Waals surface area contributed by atoms with Gasteiger partial charge in [-0.15, -0.1) is 0 Å². The van der Waals surface area contributed by atoms with Crippen molar-refractivity contribution >= 4 is 0 Å². The molecule has 0 aromatic rings. The van der Waals surface area contributed by atoms with Crippen LogP contribution in [0.1, 0.15) is 59.8 Å². The minimum Gasteiger partial charge on any atom is -0.412 e. The lowest BCUT2D eigenvalue weighted by molar-refractivity contribution is 0.248. The van der Waals surface area contributed by atoms with Gasteiger partial charge in [-0.1, -0.05) is 59.8 Å². The Morgan fingerprint density at radius 2 is 1.23 bits per heavy atom. The molecule has 13 heavy (non-hydrogen) atoms. The Labute approximate surface area is 83.7 Å². The van der Waals surface area contributed by atoms with E-state index in [4.69, 9.17) is 5.11 Å². The first-order valence-electron chi connectivity index (χ1n) is 5.29. The van der Waals surface area contributed by atoms with E-state index in [0.717, 1.165) is 0 Å². The van der Waals surface area contributed by atoms with Gasteiger partial charge in [-0.3, -0.25) is 0 Å². The van der Waals surface area contributed by atoms with E-state index in [9.17, 15) is 0 Å². The summed E-state index contributed by atoms with van der Waals surface area (Å²) >= 11 is 0. The summed E-state index contributed by atoms with van der Waals surface area (Å²) in [5.74, 6) is 0.440. The van der Waals surface area contributed by atoms with E-state index in [1.165, 1.54) is 32.1 Å².